The van der Waals surface area contributed by atoms with Crippen molar-refractivity contribution >= 4 is 0 Å². The van der Waals surface area contributed by atoms with Gasteiger partial charge in [-0.2, -0.15) is 0 Å². The zero-order valence-electron chi connectivity index (χ0n) is 21.1. The van der Waals surface area contributed by atoms with E-state index >= 15 is 0 Å². The first-order chi connectivity index (χ1) is 16.6. The van der Waals surface area contributed by atoms with Gasteiger partial charge in [-0.15, -0.1) is 0 Å². The SMILES string of the molecule is COc1cc2c(cc1OC)[C@H]1Cc3cc(OC)c(OC)c(OC)c3[C@@H](C3CCCCC3)N1CC2. The predicted molar refractivity (Wildman–Crippen MR) is 132 cm³/mol. The molecule has 0 saturated heterocycles. The van der Waals surface area contributed by atoms with Gasteiger partial charge in [0.15, 0.2) is 23.0 Å². The van der Waals surface area contributed by atoms with E-state index in [2.05, 4.69) is 23.1 Å². The first-order valence-electron chi connectivity index (χ1n) is 12.5. The molecule has 2 aliphatic heterocycles. The Balaban J connectivity index is 1.69. The summed E-state index contributed by atoms with van der Waals surface area (Å²) in [6.45, 7) is 1.02. The van der Waals surface area contributed by atoms with E-state index < -0.39 is 0 Å². The lowest BCUT2D eigenvalue weighted by Crippen LogP contribution is -2.45. The van der Waals surface area contributed by atoms with Crippen molar-refractivity contribution in [2.45, 2.75) is 57.0 Å². The first kappa shape index (κ1) is 23.2. The van der Waals surface area contributed by atoms with Crippen molar-refractivity contribution in [1.29, 1.82) is 0 Å². The van der Waals surface area contributed by atoms with E-state index in [0.717, 1.165) is 42.4 Å². The molecule has 0 aromatic heterocycles. The van der Waals surface area contributed by atoms with E-state index in [0.29, 0.717) is 17.7 Å². The van der Waals surface area contributed by atoms with Gasteiger partial charge in [-0.1, -0.05) is 19.3 Å². The van der Waals surface area contributed by atoms with Crippen LogP contribution >= 0.6 is 0 Å². The summed E-state index contributed by atoms with van der Waals surface area (Å²) in [5.74, 6) is 4.48. The van der Waals surface area contributed by atoms with Crippen molar-refractivity contribution < 1.29 is 23.7 Å². The molecular weight excluding hydrogens is 430 g/mol. The average molecular weight is 468 g/mol. The fourth-order valence-corrected chi connectivity index (χ4v) is 6.66. The Labute approximate surface area is 203 Å². The molecule has 0 amide bonds. The summed E-state index contributed by atoms with van der Waals surface area (Å²) in [6, 6.07) is 7.13. The van der Waals surface area contributed by atoms with Crippen molar-refractivity contribution in [3.63, 3.8) is 0 Å². The Kier molecular flexibility index (Phi) is 6.52. The van der Waals surface area contributed by atoms with Gasteiger partial charge in [-0.3, -0.25) is 4.90 Å². The second-order valence-electron chi connectivity index (χ2n) is 9.67. The van der Waals surface area contributed by atoms with Gasteiger partial charge in [-0.05, 0) is 66.5 Å². The van der Waals surface area contributed by atoms with Gasteiger partial charge in [-0.25, -0.2) is 0 Å². The van der Waals surface area contributed by atoms with Gasteiger partial charge in [0.2, 0.25) is 5.75 Å². The van der Waals surface area contributed by atoms with Crippen LogP contribution in [0.25, 0.3) is 0 Å². The molecule has 1 fully saturated rings. The minimum absolute atomic E-state index is 0.283. The quantitative estimate of drug-likeness (QED) is 0.559. The van der Waals surface area contributed by atoms with Crippen LogP contribution in [0.3, 0.4) is 0 Å². The van der Waals surface area contributed by atoms with E-state index in [1.165, 1.54) is 54.4 Å². The summed E-state index contributed by atoms with van der Waals surface area (Å²) >= 11 is 0. The Bertz CT molecular complexity index is 1050. The predicted octanol–water partition coefficient (Wildman–Crippen LogP) is 5.51. The lowest BCUT2D eigenvalue weighted by atomic mass is 9.72. The number of nitrogens with zero attached hydrogens (tertiary/aromatic N) is 1. The molecule has 0 radical (unpaired) electrons. The van der Waals surface area contributed by atoms with Crippen LogP contribution in [0.4, 0.5) is 0 Å². The van der Waals surface area contributed by atoms with Crippen LogP contribution in [0.15, 0.2) is 18.2 Å². The standard InChI is InChI=1S/C28H37NO5/c1-30-22-14-18-11-12-29-21(20(18)16-23(22)31-2)13-19-15-24(32-3)27(33-4)28(34-5)25(19)26(29)17-9-7-6-8-10-17/h14-17,21,26H,6-13H2,1-5H3/t21-,26-/m1/s1. The van der Waals surface area contributed by atoms with Crippen LogP contribution in [-0.2, 0) is 12.8 Å². The highest BCUT2D eigenvalue weighted by atomic mass is 16.5. The molecule has 6 nitrogen and oxygen atoms in total. The molecule has 2 heterocycles. The van der Waals surface area contributed by atoms with Gasteiger partial charge in [0.05, 0.1) is 35.5 Å². The van der Waals surface area contributed by atoms with Gasteiger partial charge >= 0.3 is 0 Å². The number of hydrogen-bond acceptors (Lipinski definition) is 6. The normalized spacial score (nSPS) is 22.3. The molecule has 0 bridgehead atoms. The van der Waals surface area contributed by atoms with Crippen LogP contribution in [0.5, 0.6) is 28.7 Å². The van der Waals surface area contributed by atoms with E-state index in [1.807, 2.05) is 0 Å². The van der Waals surface area contributed by atoms with Crippen LogP contribution in [0.2, 0.25) is 0 Å². The third-order valence-electron chi connectivity index (χ3n) is 8.16. The first-order valence-corrected chi connectivity index (χ1v) is 12.5. The Morgan fingerprint density at radius 3 is 2.00 bits per heavy atom. The molecule has 2 aromatic rings. The van der Waals surface area contributed by atoms with Crippen molar-refractivity contribution in [2.24, 2.45) is 5.92 Å². The molecule has 1 saturated carbocycles. The van der Waals surface area contributed by atoms with Crippen molar-refractivity contribution in [3.05, 3.63) is 40.5 Å². The van der Waals surface area contributed by atoms with Crippen LogP contribution in [0, 0.1) is 5.92 Å². The number of benzene rings is 2. The molecule has 34 heavy (non-hydrogen) atoms. The smallest absolute Gasteiger partial charge is 0.203 e. The summed E-state index contributed by atoms with van der Waals surface area (Å²) < 4.78 is 28.9. The van der Waals surface area contributed by atoms with Crippen LogP contribution < -0.4 is 23.7 Å². The minimum Gasteiger partial charge on any atom is -0.493 e. The molecule has 1 aliphatic carbocycles. The topological polar surface area (TPSA) is 49.4 Å². The molecule has 0 N–H and O–H groups in total. The highest BCUT2D eigenvalue weighted by Crippen LogP contribution is 2.56. The minimum atomic E-state index is 0.283. The molecule has 5 rings (SSSR count). The van der Waals surface area contributed by atoms with E-state index in [-0.39, 0.29) is 6.04 Å². The van der Waals surface area contributed by atoms with Gasteiger partial charge < -0.3 is 23.7 Å². The number of hydrogen-bond donors (Lipinski definition) is 0. The zero-order chi connectivity index (χ0) is 23.8. The average Bonchev–Trinajstić information content (AvgIpc) is 2.89. The van der Waals surface area contributed by atoms with Gasteiger partial charge in [0.25, 0.3) is 0 Å². The summed E-state index contributed by atoms with van der Waals surface area (Å²) in [5, 5.41) is 0. The molecule has 3 aliphatic rings. The fraction of sp³-hybridized carbons (Fsp3) is 0.571. The van der Waals surface area contributed by atoms with Gasteiger partial charge in [0, 0.05) is 24.2 Å². The number of rotatable bonds is 6. The summed E-state index contributed by atoms with van der Waals surface area (Å²) in [7, 11) is 8.58. The molecular formula is C28H37NO5. The molecule has 6 heteroatoms. The zero-order valence-corrected chi connectivity index (χ0v) is 21.1. The van der Waals surface area contributed by atoms with Crippen LogP contribution in [-0.4, -0.2) is 47.0 Å². The maximum absolute atomic E-state index is 6.05. The van der Waals surface area contributed by atoms with E-state index in [1.54, 1.807) is 35.5 Å². The van der Waals surface area contributed by atoms with Gasteiger partial charge in [0.1, 0.15) is 0 Å². The molecule has 2 atom stereocenters. The van der Waals surface area contributed by atoms with E-state index in [9.17, 15) is 0 Å². The molecule has 0 spiro atoms. The lowest BCUT2D eigenvalue weighted by Gasteiger charge is -2.50. The van der Waals surface area contributed by atoms with Crippen molar-refractivity contribution in [1.82, 2.24) is 4.90 Å². The largest absolute Gasteiger partial charge is 0.493 e. The monoisotopic (exact) mass is 467 g/mol. The fourth-order valence-electron chi connectivity index (χ4n) is 6.66. The van der Waals surface area contributed by atoms with Crippen molar-refractivity contribution in [3.8, 4) is 28.7 Å². The number of methoxy groups -OCH3 is 5. The van der Waals surface area contributed by atoms with Crippen molar-refractivity contribution in [2.75, 3.05) is 42.1 Å². The van der Waals surface area contributed by atoms with E-state index in [4.69, 9.17) is 23.7 Å². The maximum atomic E-state index is 6.05. The molecule has 2 aromatic carbocycles. The second kappa shape index (κ2) is 9.57. The number of fused-ring (bicyclic) bond motifs is 4. The third-order valence-corrected chi connectivity index (χ3v) is 8.16. The number of ether oxygens (including phenoxy) is 5. The Morgan fingerprint density at radius 1 is 0.706 bits per heavy atom. The third kappa shape index (κ3) is 3.67. The summed E-state index contributed by atoms with van der Waals surface area (Å²) in [6.07, 6.45) is 8.34. The maximum Gasteiger partial charge on any atom is 0.203 e. The van der Waals surface area contributed by atoms with Crippen LogP contribution in [0.1, 0.15) is 66.4 Å². The molecule has 0 unspecified atom stereocenters. The Morgan fingerprint density at radius 2 is 1.35 bits per heavy atom. The lowest BCUT2D eigenvalue weighted by molar-refractivity contribution is 0.0508. The highest BCUT2D eigenvalue weighted by molar-refractivity contribution is 5.62. The second-order valence-corrected chi connectivity index (χ2v) is 9.67. The summed E-state index contributed by atoms with van der Waals surface area (Å²) in [4.78, 5) is 2.74. The highest BCUT2D eigenvalue weighted by Gasteiger charge is 2.45. The summed E-state index contributed by atoms with van der Waals surface area (Å²) in [5.41, 5.74) is 5.31. The Hall–Kier alpha value is -2.60. The molecule has 184 valence electrons.